The van der Waals surface area contributed by atoms with Crippen molar-refractivity contribution in [1.29, 1.82) is 0 Å². The molecule has 14 atom stereocenters. The predicted octanol–water partition coefficient (Wildman–Crippen LogP) is 0.648. The number of amides is 4. The smallest absolute Gasteiger partial charge is 0.386 e. The molecule has 4 fully saturated rings. The van der Waals surface area contributed by atoms with E-state index in [-0.39, 0.29) is 97.4 Å². The van der Waals surface area contributed by atoms with Gasteiger partial charge in [-0.25, -0.2) is 57.3 Å². The van der Waals surface area contributed by atoms with Gasteiger partial charge >= 0.3 is 46.9 Å². The van der Waals surface area contributed by atoms with Gasteiger partial charge in [0.25, 0.3) is 0 Å². The molecule has 54 heteroatoms. The number of nitrogen functional groups attached to an aromatic ring is 2. The minimum Gasteiger partial charge on any atom is -0.386 e. The van der Waals surface area contributed by atoms with E-state index in [1.54, 1.807) is 0 Å². The number of fused-ring (bicyclic) bond motifs is 2. The van der Waals surface area contributed by atoms with Gasteiger partial charge in [0.1, 0.15) is 84.1 Å². The molecule has 2 aliphatic carbocycles. The van der Waals surface area contributed by atoms with E-state index in [1.807, 2.05) is 24.3 Å². The van der Waals surface area contributed by atoms with E-state index in [2.05, 4.69) is 68.8 Å². The Bertz CT molecular complexity index is 4390. The van der Waals surface area contributed by atoms with E-state index < -0.39 is 180 Å². The fourth-order valence-corrected chi connectivity index (χ4v) is 18.6. The minimum absolute atomic E-state index is 0.00109. The number of ether oxygens (including phenoxy) is 2. The third kappa shape index (κ3) is 25.6. The van der Waals surface area contributed by atoms with E-state index in [0.29, 0.717) is 64.2 Å². The molecule has 2 aliphatic heterocycles. The van der Waals surface area contributed by atoms with Crippen LogP contribution < -0.4 is 32.7 Å². The Morgan fingerprint density at radius 1 is 0.526 bits per heavy atom. The summed E-state index contributed by atoms with van der Waals surface area (Å²) in [5.41, 5.74) is 9.50. The van der Waals surface area contributed by atoms with Crippen LogP contribution in [0.3, 0.4) is 0 Å². The zero-order valence-corrected chi connectivity index (χ0v) is 68.1. The molecule has 1 aromatic carbocycles. The van der Waals surface area contributed by atoms with Gasteiger partial charge in [0, 0.05) is 73.5 Å². The highest BCUT2D eigenvalue weighted by atomic mass is 31.3. The first-order valence-electron chi connectivity index (χ1n) is 36.0. The van der Waals surface area contributed by atoms with E-state index in [9.17, 15) is 116 Å². The standard InChI is InChI=1S/C62H94N14O34P6/c1-59(2,29-103-115(97,98)109-113(93,94)101-27-37-47(107-111(87,88)89)45(81)57(105-37)75-33-73-43-51(63)69-31-71-53(43)75)49(83)55(85)67-25-15-41(79)65-23-13-39(77)61(19-20-61)17-7-11-35-9-5-6-10-36(35)12-8-18-62(21-22-62)40(78)14-24-66-42(80)16-26-68-56(86)50(84)60(3,4)30-104-116(99,100)110-114(95,96)102-28-38-48(108-112(90,91)92)46(82)58(106-38)76-34-74-44-52(64)70-32-72-54(44)76/h5-6,9-10,31-34,37-38,45-50,57-58,81-84H,7-8,11-30H2,1-4H3,(H,65,79)(H,66,80)(H,67,85)(H,68,86)(H,93,94)(H,95,96)(H,97,98)(H,99,100)(H2,63,69,71)(H2,64,70,72)(H2,87,88,89)(H2,90,91,92). The molecular weight excluding hydrogens is 1670 g/mol. The number of rotatable bonds is 48. The van der Waals surface area contributed by atoms with Gasteiger partial charge in [-0.3, -0.25) is 65.0 Å². The zero-order chi connectivity index (χ0) is 85.4. The Hall–Kier alpha value is -6.36. The average molecular weight is 1770 g/mol. The number of anilines is 2. The van der Waals surface area contributed by atoms with Crippen LogP contribution in [0.25, 0.3) is 22.3 Å². The number of aliphatic hydroxyl groups excluding tert-OH is 4. The number of nitrogens with zero attached hydrogens (tertiary/aromatic N) is 8. The normalized spacial score (nSPS) is 23.3. The molecule has 4 aliphatic rings. The summed E-state index contributed by atoms with van der Waals surface area (Å²) < 4.78 is 126. The number of carbonyl (C=O) groups excluding carboxylic acids is 6. The number of nitrogens with one attached hydrogen (secondary N) is 4. The van der Waals surface area contributed by atoms with Gasteiger partial charge in [-0.05, 0) is 75.3 Å². The number of nitrogens with two attached hydrogens (primary N) is 2. The van der Waals surface area contributed by atoms with Gasteiger partial charge in [0.05, 0.1) is 39.1 Å². The van der Waals surface area contributed by atoms with Crippen LogP contribution in [-0.4, -0.2) is 235 Å². The topological polar surface area (TPSA) is 727 Å². The second kappa shape index (κ2) is 38.2. The lowest BCUT2D eigenvalue weighted by atomic mass is 9.87. The molecule has 0 radical (unpaired) electrons. The molecule has 5 aromatic rings. The van der Waals surface area contributed by atoms with Crippen molar-refractivity contribution in [1.82, 2.24) is 60.3 Å². The van der Waals surface area contributed by atoms with Crippen LogP contribution in [-0.2, 0) is 114 Å². The van der Waals surface area contributed by atoms with Gasteiger partial charge in [-0.1, -0.05) is 52.0 Å². The fraction of sp³-hybridized carbons (Fsp3) is 0.645. The molecule has 116 heavy (non-hydrogen) atoms. The fourth-order valence-electron chi connectivity index (χ4n) is 13.0. The second-order valence-electron chi connectivity index (χ2n) is 29.5. The molecule has 6 heterocycles. The maximum atomic E-state index is 13.5. The van der Waals surface area contributed by atoms with Crippen molar-refractivity contribution < 1.29 is 161 Å². The summed E-state index contributed by atoms with van der Waals surface area (Å²) in [6, 6.07) is 7.92. The summed E-state index contributed by atoms with van der Waals surface area (Å²) in [4.78, 5) is 182. The molecule has 0 bridgehead atoms. The number of hydrogen-bond donors (Lipinski definition) is 18. The van der Waals surface area contributed by atoms with Crippen LogP contribution in [0.4, 0.5) is 11.6 Å². The monoisotopic (exact) mass is 1760 g/mol. The molecule has 20 N–H and O–H groups in total. The van der Waals surface area contributed by atoms with Gasteiger partial charge in [-0.2, -0.15) is 8.62 Å². The number of ketones is 2. The lowest BCUT2D eigenvalue weighted by molar-refractivity contribution is -0.137. The van der Waals surface area contributed by atoms with Gasteiger partial charge < -0.3 is 102 Å². The molecule has 4 aromatic heterocycles. The number of aromatic nitrogens is 8. The third-order valence-electron chi connectivity index (χ3n) is 19.7. The minimum atomic E-state index is -5.65. The molecule has 14 unspecified atom stereocenters. The van der Waals surface area contributed by atoms with Gasteiger partial charge in [0.15, 0.2) is 35.4 Å². The summed E-state index contributed by atoms with van der Waals surface area (Å²) in [6.45, 7) is 0.118. The first-order chi connectivity index (χ1) is 54.0. The van der Waals surface area contributed by atoms with Crippen LogP contribution in [0.5, 0.6) is 0 Å². The maximum Gasteiger partial charge on any atom is 0.481 e. The van der Waals surface area contributed by atoms with Crippen molar-refractivity contribution in [2.75, 3.05) is 64.1 Å². The lowest BCUT2D eigenvalue weighted by Crippen LogP contribution is -2.46. The molecule has 2 saturated heterocycles. The maximum absolute atomic E-state index is 13.5. The highest BCUT2D eigenvalue weighted by Gasteiger charge is 2.54. The molecule has 9 rings (SSSR count). The molecule has 0 spiro atoms. The quantitative estimate of drug-likeness (QED) is 0.0238. The van der Waals surface area contributed by atoms with Crippen molar-refractivity contribution in [3.05, 3.63) is 60.7 Å². The van der Waals surface area contributed by atoms with E-state index >= 15 is 0 Å². The van der Waals surface area contributed by atoms with E-state index in [1.165, 1.54) is 27.7 Å². The predicted molar refractivity (Wildman–Crippen MR) is 394 cm³/mol. The summed E-state index contributed by atoms with van der Waals surface area (Å²) in [7, 11) is -33.3. The largest absolute Gasteiger partial charge is 0.481 e. The number of Topliss-reactive ketones (excluding diaryl/α,β-unsaturated/α-hetero) is 2. The van der Waals surface area contributed by atoms with Gasteiger partial charge in [-0.15, -0.1) is 0 Å². The second-order valence-corrected chi connectivity index (χ2v) is 38.0. The number of phosphoric acid groups is 6. The lowest BCUT2D eigenvalue weighted by Gasteiger charge is -2.30. The number of phosphoric ester groups is 6. The number of imidazole rings is 2. The van der Waals surface area contributed by atoms with E-state index in [0.717, 1.165) is 45.6 Å². The number of aryl methyl sites for hydroxylation is 2. The molecule has 646 valence electrons. The van der Waals surface area contributed by atoms with Crippen LogP contribution in [0.15, 0.2) is 49.6 Å². The van der Waals surface area contributed by atoms with Gasteiger partial charge in [0.2, 0.25) is 23.6 Å². The molecule has 2 saturated carbocycles. The SMILES string of the molecule is CC(C)(COP(=O)(O)OP(=O)(O)OCC1OC(n2cnc3c(N)ncnc32)C(O)C1OP(=O)(O)O)C(O)C(=O)NCCC(=O)NCCC(=O)C1(CCCc2ccccc2CCCC2(C(=O)CCNC(=O)CCNC(=O)C(O)C(C)(C)COP(=O)(O)OP(=O)(O)OCC3OC(n4cnc5c(N)ncnc54)C(O)C3OP(=O)(O)O)CC2)CC1. The van der Waals surface area contributed by atoms with Crippen LogP contribution in [0.1, 0.15) is 128 Å². The first-order valence-corrected chi connectivity index (χ1v) is 45.0. The number of hydrogen-bond acceptors (Lipinski definition) is 34. The van der Waals surface area contributed by atoms with Crippen molar-refractivity contribution in [2.24, 2.45) is 21.7 Å². The highest BCUT2D eigenvalue weighted by molar-refractivity contribution is 7.61. The Labute approximate surface area is 660 Å². The Morgan fingerprint density at radius 3 is 1.22 bits per heavy atom. The van der Waals surface area contributed by atoms with Crippen LogP contribution in [0, 0.1) is 21.7 Å². The molecule has 48 nitrogen and oxygen atoms in total. The number of carbonyl (C=O) groups is 6. The molecular formula is C62H94N14O34P6. The summed E-state index contributed by atoms with van der Waals surface area (Å²) in [5.74, 6) is -3.27. The van der Waals surface area contributed by atoms with Crippen molar-refractivity contribution in [3.8, 4) is 0 Å². The highest BCUT2D eigenvalue weighted by Crippen LogP contribution is 2.63. The summed E-state index contributed by atoms with van der Waals surface area (Å²) in [5, 5.41) is 53.7. The Morgan fingerprint density at radius 2 is 0.871 bits per heavy atom. The van der Waals surface area contributed by atoms with Crippen molar-refractivity contribution in [3.63, 3.8) is 0 Å². The Kier molecular flexibility index (Phi) is 30.8. The summed E-state index contributed by atoms with van der Waals surface area (Å²) >= 11 is 0. The summed E-state index contributed by atoms with van der Waals surface area (Å²) in [6.07, 6.45) is -7.70. The van der Waals surface area contributed by atoms with Crippen molar-refractivity contribution in [2.45, 2.75) is 179 Å². The van der Waals surface area contributed by atoms with E-state index in [4.69, 9.17) is 39.0 Å². The van der Waals surface area contributed by atoms with Crippen LogP contribution in [0.2, 0.25) is 0 Å². The first kappa shape index (κ1) is 93.5. The zero-order valence-electron chi connectivity index (χ0n) is 62.7. The third-order valence-corrected chi connectivity index (χ3v) is 25.9. The number of aliphatic hydroxyl groups is 4. The molecule has 4 amide bonds. The Balaban J connectivity index is 0.607. The average Bonchev–Trinajstić information content (AvgIpc) is 1.91. The van der Waals surface area contributed by atoms with Crippen molar-refractivity contribution >= 4 is 116 Å². The number of benzene rings is 1. The van der Waals surface area contributed by atoms with Crippen LogP contribution >= 0.6 is 46.9 Å².